The van der Waals surface area contributed by atoms with Crippen LogP contribution in [0.3, 0.4) is 0 Å². The van der Waals surface area contributed by atoms with Crippen LogP contribution in [0.2, 0.25) is 0 Å². The van der Waals surface area contributed by atoms with E-state index >= 15 is 0 Å². The van der Waals surface area contributed by atoms with Crippen LogP contribution in [0.5, 0.6) is 5.75 Å². The number of methoxy groups -OCH3 is 1. The van der Waals surface area contributed by atoms with E-state index < -0.39 is 16.7 Å². The fraction of sp³-hybridized carbons (Fsp3) is 0.514. The highest BCUT2D eigenvalue weighted by atomic mass is 32.2. The zero-order valence-corrected chi connectivity index (χ0v) is 29.0. The summed E-state index contributed by atoms with van der Waals surface area (Å²) in [5, 5.41) is 10.9. The molecule has 3 atom stereocenters. The zero-order valence-electron chi connectivity index (χ0n) is 28.2. The van der Waals surface area contributed by atoms with Crippen molar-refractivity contribution in [3.63, 3.8) is 0 Å². The van der Waals surface area contributed by atoms with Crippen LogP contribution in [0.4, 0.5) is 0 Å². The third kappa shape index (κ3) is 9.32. The van der Waals surface area contributed by atoms with Crippen molar-refractivity contribution in [2.24, 2.45) is 11.8 Å². The number of amides is 1. The van der Waals surface area contributed by atoms with Gasteiger partial charge in [0.25, 0.3) is 0 Å². The Balaban J connectivity index is 1.63. The molecule has 248 valence electrons. The molecule has 1 fully saturated rings. The quantitative estimate of drug-likeness (QED) is 0.189. The molecular weight excluding hydrogens is 596 g/mol. The summed E-state index contributed by atoms with van der Waals surface area (Å²) in [5.41, 5.74) is 3.56. The molecule has 0 radical (unpaired) electrons. The van der Waals surface area contributed by atoms with Crippen LogP contribution in [-0.2, 0) is 26.6 Å². The average Bonchev–Trinajstić information content (AvgIpc) is 3.44. The number of likely N-dealkylation sites (N-methyl/N-ethyl adjacent to an activating group) is 1. The SMILES string of the molecule is CN[C@@H](C)C(=O)C[C@H](C(=O)N[C@H](C(=O)Cc1cc(C)nn1-c1ccccc1)C(C)(C)SCc1ccc(OC)cc1)C1CCCCC1. The molecule has 8 nitrogen and oxygen atoms in total. The van der Waals surface area contributed by atoms with Crippen molar-refractivity contribution < 1.29 is 19.1 Å². The number of ether oxygens (including phenoxy) is 1. The van der Waals surface area contributed by atoms with Gasteiger partial charge in [0.15, 0.2) is 5.78 Å². The molecule has 1 aliphatic rings. The maximum Gasteiger partial charge on any atom is 0.224 e. The first-order chi connectivity index (χ1) is 22.0. The summed E-state index contributed by atoms with van der Waals surface area (Å²) in [6.07, 6.45) is 5.37. The molecule has 9 heteroatoms. The van der Waals surface area contributed by atoms with Crippen LogP contribution >= 0.6 is 11.8 Å². The Kier molecular flexibility index (Phi) is 12.6. The van der Waals surface area contributed by atoms with Crippen molar-refractivity contribution in [1.82, 2.24) is 20.4 Å². The molecule has 4 rings (SSSR count). The topological polar surface area (TPSA) is 102 Å². The van der Waals surface area contributed by atoms with E-state index in [9.17, 15) is 14.4 Å². The minimum absolute atomic E-state index is 0.0199. The molecule has 1 aliphatic carbocycles. The number of hydrogen-bond donors (Lipinski definition) is 2. The predicted octanol–water partition coefficient (Wildman–Crippen LogP) is 6.26. The summed E-state index contributed by atoms with van der Waals surface area (Å²) < 4.78 is 6.47. The Morgan fingerprint density at radius 3 is 2.33 bits per heavy atom. The number of aryl methyl sites for hydroxylation is 1. The first-order valence-electron chi connectivity index (χ1n) is 16.4. The molecule has 3 aromatic rings. The molecule has 1 amide bonds. The van der Waals surface area contributed by atoms with E-state index in [4.69, 9.17) is 4.74 Å². The predicted molar refractivity (Wildman–Crippen MR) is 186 cm³/mol. The molecule has 0 unspecified atom stereocenters. The number of nitrogens with zero attached hydrogens (tertiary/aromatic N) is 2. The second-order valence-electron chi connectivity index (χ2n) is 13.0. The molecule has 1 aromatic heterocycles. The molecule has 0 saturated heterocycles. The Morgan fingerprint density at radius 1 is 1.02 bits per heavy atom. The number of nitrogens with one attached hydrogen (secondary N) is 2. The first kappa shape index (κ1) is 35.4. The van der Waals surface area contributed by atoms with Crippen LogP contribution in [0.25, 0.3) is 5.69 Å². The standard InChI is InChI=1S/C37H50N4O4S/c1-25-21-30(41(40-25)29-15-11-8-12-16-29)22-34(43)35(37(3,4)46-24-27-17-19-31(45-6)20-18-27)39-36(44)32(23-33(42)26(2)38-5)28-13-9-7-10-14-28/h8,11-12,15-21,26,28,32,35,38H,7,9-10,13-14,22-24H2,1-6H3,(H,39,44)/t26-,32-,35+/m0/s1. The van der Waals surface area contributed by atoms with Crippen LogP contribution in [0, 0.1) is 18.8 Å². The number of carbonyl (C=O) groups excluding carboxylic acids is 3. The molecule has 1 heterocycles. The van der Waals surface area contributed by atoms with Gasteiger partial charge in [-0.3, -0.25) is 14.4 Å². The van der Waals surface area contributed by atoms with Crippen LogP contribution in [0.1, 0.15) is 76.2 Å². The second-order valence-corrected chi connectivity index (χ2v) is 14.7. The van der Waals surface area contributed by atoms with Gasteiger partial charge < -0.3 is 15.4 Å². The van der Waals surface area contributed by atoms with E-state index in [0.29, 0.717) is 5.75 Å². The third-order valence-corrected chi connectivity index (χ3v) is 10.7. The molecule has 2 N–H and O–H groups in total. The number of para-hydroxylation sites is 1. The highest BCUT2D eigenvalue weighted by molar-refractivity contribution is 7.99. The summed E-state index contributed by atoms with van der Waals surface area (Å²) in [5.74, 6) is 0.818. The van der Waals surface area contributed by atoms with Crippen LogP contribution in [0.15, 0.2) is 60.7 Å². The number of ketones is 2. The molecule has 0 bridgehead atoms. The number of benzene rings is 2. The second kappa shape index (κ2) is 16.4. The third-order valence-electron chi connectivity index (χ3n) is 9.23. The summed E-state index contributed by atoms with van der Waals surface area (Å²) in [6.45, 7) is 7.79. The summed E-state index contributed by atoms with van der Waals surface area (Å²) in [6, 6.07) is 18.5. The van der Waals surface area contributed by atoms with Gasteiger partial charge in [-0.2, -0.15) is 5.10 Å². The highest BCUT2D eigenvalue weighted by Gasteiger charge is 2.40. The lowest BCUT2D eigenvalue weighted by atomic mass is 9.76. The average molecular weight is 647 g/mol. The Bertz CT molecular complexity index is 1450. The number of thioether (sulfide) groups is 1. The molecule has 2 aromatic carbocycles. The Morgan fingerprint density at radius 2 is 1.70 bits per heavy atom. The van der Waals surface area contributed by atoms with Crippen molar-refractivity contribution in [3.05, 3.63) is 77.6 Å². The first-order valence-corrected chi connectivity index (χ1v) is 17.4. The van der Waals surface area contributed by atoms with Crippen molar-refractivity contribution >= 4 is 29.2 Å². The number of hydrogen-bond acceptors (Lipinski definition) is 7. The number of Topliss-reactive ketones (excluding diaryl/α,β-unsaturated/α-hetero) is 2. The maximum absolute atomic E-state index is 14.4. The Labute approximate surface area is 278 Å². The Hall–Kier alpha value is -3.43. The van der Waals surface area contributed by atoms with E-state index in [0.717, 1.165) is 60.5 Å². The van der Waals surface area contributed by atoms with E-state index in [2.05, 4.69) is 15.7 Å². The van der Waals surface area contributed by atoms with E-state index in [1.165, 1.54) is 0 Å². The molecular formula is C37H50N4O4S. The van der Waals surface area contributed by atoms with E-state index in [-0.39, 0.29) is 42.3 Å². The smallest absolute Gasteiger partial charge is 0.224 e. The summed E-state index contributed by atoms with van der Waals surface area (Å²) in [4.78, 5) is 41.8. The van der Waals surface area contributed by atoms with Gasteiger partial charge in [-0.25, -0.2) is 4.68 Å². The van der Waals surface area contributed by atoms with Crippen molar-refractivity contribution in [2.75, 3.05) is 14.2 Å². The van der Waals surface area contributed by atoms with Gasteiger partial charge in [-0.05, 0) is 89.4 Å². The molecule has 0 spiro atoms. The fourth-order valence-corrected chi connectivity index (χ4v) is 7.37. The summed E-state index contributed by atoms with van der Waals surface area (Å²) >= 11 is 1.63. The van der Waals surface area contributed by atoms with Crippen molar-refractivity contribution in [3.8, 4) is 11.4 Å². The zero-order chi connectivity index (χ0) is 33.3. The lowest BCUT2D eigenvalue weighted by Crippen LogP contribution is -2.55. The van der Waals surface area contributed by atoms with Gasteiger partial charge in [-0.1, -0.05) is 49.6 Å². The number of carbonyl (C=O) groups is 3. The molecule has 0 aliphatic heterocycles. The minimum atomic E-state index is -0.786. The normalized spacial score (nSPS) is 16.0. The largest absolute Gasteiger partial charge is 0.497 e. The lowest BCUT2D eigenvalue weighted by molar-refractivity contribution is -0.135. The van der Waals surface area contributed by atoms with Gasteiger partial charge >= 0.3 is 0 Å². The van der Waals surface area contributed by atoms with Crippen molar-refractivity contribution in [1.29, 1.82) is 0 Å². The lowest BCUT2D eigenvalue weighted by Gasteiger charge is -2.36. The molecule has 1 saturated carbocycles. The van der Waals surface area contributed by atoms with E-state index in [1.54, 1.807) is 25.9 Å². The molecule has 46 heavy (non-hydrogen) atoms. The summed E-state index contributed by atoms with van der Waals surface area (Å²) in [7, 11) is 3.40. The van der Waals surface area contributed by atoms with Gasteiger partial charge in [0, 0.05) is 22.8 Å². The van der Waals surface area contributed by atoms with Crippen LogP contribution in [-0.4, -0.2) is 58.2 Å². The minimum Gasteiger partial charge on any atom is -0.497 e. The monoisotopic (exact) mass is 646 g/mol. The van der Waals surface area contributed by atoms with Gasteiger partial charge in [0.2, 0.25) is 5.91 Å². The number of aromatic nitrogens is 2. The van der Waals surface area contributed by atoms with Crippen LogP contribution < -0.4 is 15.4 Å². The van der Waals surface area contributed by atoms with E-state index in [1.807, 2.05) is 93.0 Å². The highest BCUT2D eigenvalue weighted by Crippen LogP contribution is 2.36. The maximum atomic E-state index is 14.4. The van der Waals surface area contributed by atoms with Gasteiger partial charge in [0.1, 0.15) is 17.6 Å². The van der Waals surface area contributed by atoms with Gasteiger partial charge in [0.05, 0.1) is 36.6 Å². The van der Waals surface area contributed by atoms with Crippen molar-refractivity contribution in [2.45, 2.75) is 95.2 Å². The number of rotatable bonds is 16. The fourth-order valence-electron chi connectivity index (χ4n) is 6.28. The van der Waals surface area contributed by atoms with Gasteiger partial charge in [-0.15, -0.1) is 11.8 Å².